The molecular weight excluding hydrogens is 254 g/mol. The number of nitriles is 1. The van der Waals surface area contributed by atoms with Gasteiger partial charge in [-0.3, -0.25) is 4.79 Å². The van der Waals surface area contributed by atoms with Crippen molar-refractivity contribution in [2.24, 2.45) is 0 Å². The monoisotopic (exact) mass is 265 g/mol. The molecule has 0 radical (unpaired) electrons. The molecule has 1 N–H and O–H groups in total. The summed E-state index contributed by atoms with van der Waals surface area (Å²) in [5, 5.41) is 9.15. The van der Waals surface area contributed by atoms with E-state index in [9.17, 15) is 4.79 Å². The quantitative estimate of drug-likeness (QED) is 0.865. The molecule has 0 fully saturated rings. The second-order valence-corrected chi connectivity index (χ2v) is 5.82. The van der Waals surface area contributed by atoms with Gasteiger partial charge < -0.3 is 4.98 Å². The van der Waals surface area contributed by atoms with Crippen molar-refractivity contribution in [1.82, 2.24) is 9.97 Å². The molecule has 0 bridgehead atoms. The molecule has 0 amide bonds. The SMILES string of the molecule is Cc1sc2nc(CSCC#N)[nH]c(=O)c2c1C. The standard InChI is InChI=1S/C11H11N3OS2/c1-6-7(2)17-11-9(6)10(15)13-8(14-11)5-16-4-3-12/h4-5H2,1-2H3,(H,13,14,15). The maximum atomic E-state index is 11.9. The number of thiophene rings is 1. The van der Waals surface area contributed by atoms with E-state index in [0.717, 1.165) is 15.3 Å². The average molecular weight is 265 g/mol. The fourth-order valence-corrected chi connectivity index (χ4v) is 3.13. The van der Waals surface area contributed by atoms with Crippen LogP contribution in [0.3, 0.4) is 0 Å². The molecule has 0 spiro atoms. The molecule has 0 saturated heterocycles. The summed E-state index contributed by atoms with van der Waals surface area (Å²) in [5.74, 6) is 1.61. The lowest BCUT2D eigenvalue weighted by Crippen LogP contribution is -2.10. The number of H-pyrrole nitrogens is 1. The third-order valence-electron chi connectivity index (χ3n) is 2.49. The van der Waals surface area contributed by atoms with Gasteiger partial charge in [-0.05, 0) is 19.4 Å². The van der Waals surface area contributed by atoms with Crippen molar-refractivity contribution in [1.29, 1.82) is 5.26 Å². The number of hydrogen-bond acceptors (Lipinski definition) is 5. The Morgan fingerprint density at radius 1 is 1.53 bits per heavy atom. The van der Waals surface area contributed by atoms with Crippen LogP contribution in [0.25, 0.3) is 10.2 Å². The minimum Gasteiger partial charge on any atom is -0.309 e. The highest BCUT2D eigenvalue weighted by atomic mass is 32.2. The number of hydrogen-bond donors (Lipinski definition) is 1. The molecule has 0 atom stereocenters. The Balaban J connectivity index is 2.43. The lowest BCUT2D eigenvalue weighted by Gasteiger charge is -1.98. The summed E-state index contributed by atoms with van der Waals surface area (Å²) >= 11 is 2.99. The second kappa shape index (κ2) is 4.90. The first-order valence-corrected chi connectivity index (χ1v) is 7.04. The van der Waals surface area contributed by atoms with E-state index in [1.807, 2.05) is 19.9 Å². The number of rotatable bonds is 3. The third kappa shape index (κ3) is 2.35. The number of nitrogens with zero attached hydrogens (tertiary/aromatic N) is 2. The number of thioether (sulfide) groups is 1. The number of aryl methyl sites for hydroxylation is 2. The lowest BCUT2D eigenvalue weighted by atomic mass is 10.2. The van der Waals surface area contributed by atoms with E-state index < -0.39 is 0 Å². The molecular formula is C11H11N3OS2. The molecule has 17 heavy (non-hydrogen) atoms. The summed E-state index contributed by atoms with van der Waals surface area (Å²) in [6.07, 6.45) is 0. The van der Waals surface area contributed by atoms with Crippen molar-refractivity contribution in [2.45, 2.75) is 19.6 Å². The molecule has 2 rings (SSSR count). The van der Waals surface area contributed by atoms with E-state index in [1.165, 1.54) is 11.8 Å². The van der Waals surface area contributed by atoms with E-state index in [1.54, 1.807) is 11.3 Å². The summed E-state index contributed by atoms with van der Waals surface area (Å²) in [5.41, 5.74) is 0.930. The largest absolute Gasteiger partial charge is 0.309 e. The van der Waals surface area contributed by atoms with Crippen LogP contribution in [0, 0.1) is 25.2 Å². The van der Waals surface area contributed by atoms with E-state index in [2.05, 4.69) is 9.97 Å². The van der Waals surface area contributed by atoms with E-state index in [-0.39, 0.29) is 5.56 Å². The fraction of sp³-hybridized carbons (Fsp3) is 0.364. The van der Waals surface area contributed by atoms with Gasteiger partial charge in [0, 0.05) is 4.88 Å². The van der Waals surface area contributed by atoms with Gasteiger partial charge in [-0.15, -0.1) is 23.1 Å². The van der Waals surface area contributed by atoms with Gasteiger partial charge in [0.2, 0.25) is 0 Å². The van der Waals surface area contributed by atoms with E-state index in [0.29, 0.717) is 22.7 Å². The predicted molar refractivity (Wildman–Crippen MR) is 71.5 cm³/mol. The molecule has 2 heterocycles. The fourth-order valence-electron chi connectivity index (χ4n) is 1.56. The lowest BCUT2D eigenvalue weighted by molar-refractivity contribution is 1.04. The molecule has 0 aliphatic carbocycles. The summed E-state index contributed by atoms with van der Waals surface area (Å²) in [7, 11) is 0. The van der Waals surface area contributed by atoms with Crippen LogP contribution in [0.1, 0.15) is 16.3 Å². The second-order valence-electron chi connectivity index (χ2n) is 3.63. The molecule has 88 valence electrons. The Labute approximate surface area is 107 Å². The minimum absolute atomic E-state index is 0.0793. The van der Waals surface area contributed by atoms with Crippen LogP contribution in [0.15, 0.2) is 4.79 Å². The molecule has 0 aliphatic heterocycles. The Hall–Kier alpha value is -1.32. The zero-order valence-corrected chi connectivity index (χ0v) is 11.2. The van der Waals surface area contributed by atoms with Crippen LogP contribution in [-0.2, 0) is 5.75 Å². The van der Waals surface area contributed by atoms with Crippen LogP contribution >= 0.6 is 23.1 Å². The van der Waals surface area contributed by atoms with E-state index in [4.69, 9.17) is 5.26 Å². The van der Waals surface area contributed by atoms with Crippen molar-refractivity contribution < 1.29 is 0 Å². The molecule has 4 nitrogen and oxygen atoms in total. The Bertz CT molecular complexity index is 651. The highest BCUT2D eigenvalue weighted by molar-refractivity contribution is 7.98. The molecule has 0 aromatic carbocycles. The Morgan fingerprint density at radius 2 is 2.29 bits per heavy atom. The van der Waals surface area contributed by atoms with Crippen molar-refractivity contribution >= 4 is 33.3 Å². The molecule has 0 saturated carbocycles. The van der Waals surface area contributed by atoms with Crippen molar-refractivity contribution in [3.05, 3.63) is 26.6 Å². The maximum Gasteiger partial charge on any atom is 0.259 e. The normalized spacial score (nSPS) is 10.6. The van der Waals surface area contributed by atoms with Gasteiger partial charge in [-0.1, -0.05) is 0 Å². The zero-order chi connectivity index (χ0) is 12.4. The van der Waals surface area contributed by atoms with Crippen LogP contribution in [0.5, 0.6) is 0 Å². The van der Waals surface area contributed by atoms with Gasteiger partial charge in [-0.25, -0.2) is 4.98 Å². The highest BCUT2D eigenvalue weighted by Crippen LogP contribution is 2.26. The van der Waals surface area contributed by atoms with Crippen molar-refractivity contribution in [3.63, 3.8) is 0 Å². The first-order valence-electron chi connectivity index (χ1n) is 5.07. The Kier molecular flexibility index (Phi) is 3.50. The highest BCUT2D eigenvalue weighted by Gasteiger charge is 2.11. The van der Waals surface area contributed by atoms with Gasteiger partial charge in [0.1, 0.15) is 10.7 Å². The summed E-state index contributed by atoms with van der Waals surface area (Å²) in [6, 6.07) is 2.05. The van der Waals surface area contributed by atoms with Gasteiger partial charge in [0.05, 0.1) is 23.0 Å². The number of fused-ring (bicyclic) bond motifs is 1. The van der Waals surface area contributed by atoms with Gasteiger partial charge in [-0.2, -0.15) is 5.26 Å². The molecule has 0 aliphatic rings. The molecule has 2 aromatic heterocycles. The summed E-state index contributed by atoms with van der Waals surface area (Å²) in [4.78, 5) is 21.0. The van der Waals surface area contributed by atoms with E-state index >= 15 is 0 Å². The van der Waals surface area contributed by atoms with Crippen LogP contribution in [-0.4, -0.2) is 15.7 Å². The van der Waals surface area contributed by atoms with Crippen molar-refractivity contribution in [3.8, 4) is 6.07 Å². The number of nitrogens with one attached hydrogen (secondary N) is 1. The third-order valence-corrected chi connectivity index (χ3v) is 4.41. The molecule has 0 unspecified atom stereocenters. The maximum absolute atomic E-state index is 11.9. The predicted octanol–water partition coefficient (Wildman–Crippen LogP) is 2.36. The smallest absolute Gasteiger partial charge is 0.259 e. The first-order chi connectivity index (χ1) is 8.13. The van der Waals surface area contributed by atoms with Gasteiger partial charge in [0.15, 0.2) is 0 Å². The van der Waals surface area contributed by atoms with Gasteiger partial charge in [0.25, 0.3) is 5.56 Å². The Morgan fingerprint density at radius 3 is 3.00 bits per heavy atom. The van der Waals surface area contributed by atoms with Crippen LogP contribution in [0.4, 0.5) is 0 Å². The number of aromatic amines is 1. The molecule has 6 heteroatoms. The zero-order valence-electron chi connectivity index (χ0n) is 9.53. The first kappa shape index (κ1) is 12.1. The summed E-state index contributed by atoms with van der Waals surface area (Å²) in [6.45, 7) is 3.93. The van der Waals surface area contributed by atoms with Crippen molar-refractivity contribution in [2.75, 3.05) is 5.75 Å². The minimum atomic E-state index is -0.0793. The average Bonchev–Trinajstić information content (AvgIpc) is 2.55. The number of aromatic nitrogens is 2. The molecule has 2 aromatic rings. The summed E-state index contributed by atoms with van der Waals surface area (Å²) < 4.78 is 0. The topological polar surface area (TPSA) is 69.5 Å². The van der Waals surface area contributed by atoms with Gasteiger partial charge >= 0.3 is 0 Å². The van der Waals surface area contributed by atoms with Crippen LogP contribution < -0.4 is 5.56 Å². The van der Waals surface area contributed by atoms with Crippen LogP contribution in [0.2, 0.25) is 0 Å².